The molecule has 0 saturated heterocycles. The van der Waals surface area contributed by atoms with Crippen LogP contribution in [0.15, 0.2) is 30.5 Å². The zero-order valence-corrected chi connectivity index (χ0v) is 11.5. The van der Waals surface area contributed by atoms with Crippen LogP contribution in [0.5, 0.6) is 5.75 Å². The van der Waals surface area contributed by atoms with E-state index < -0.39 is 5.97 Å². The van der Waals surface area contributed by atoms with Crippen molar-refractivity contribution in [3.8, 4) is 17.1 Å². The predicted octanol–water partition coefficient (Wildman–Crippen LogP) is 2.32. The number of fused-ring (bicyclic) bond motifs is 1. The molecule has 0 radical (unpaired) electrons. The molecule has 106 valence electrons. The third kappa shape index (κ3) is 2.36. The summed E-state index contributed by atoms with van der Waals surface area (Å²) in [6.07, 6.45) is 2.80. The van der Waals surface area contributed by atoms with Crippen molar-refractivity contribution >= 4 is 18.4 Å². The Bertz CT molecular complexity index is 639. The summed E-state index contributed by atoms with van der Waals surface area (Å²) in [4.78, 5) is 15.4. The number of benzene rings is 1. The SMILES string of the molecule is Cl.O=C(O)C1CCn2c(cnc2-c2ccccc2O)C1. The second-order valence-corrected chi connectivity index (χ2v) is 4.77. The van der Waals surface area contributed by atoms with Gasteiger partial charge in [0.1, 0.15) is 11.6 Å². The first-order chi connectivity index (χ1) is 9.16. The lowest BCUT2D eigenvalue weighted by molar-refractivity contribution is -0.142. The van der Waals surface area contributed by atoms with Crippen LogP contribution in [0, 0.1) is 5.92 Å². The average Bonchev–Trinajstić information content (AvgIpc) is 2.82. The van der Waals surface area contributed by atoms with Crippen LogP contribution in [0.3, 0.4) is 0 Å². The maximum Gasteiger partial charge on any atom is 0.306 e. The number of para-hydroxylation sites is 1. The Kier molecular flexibility index (Phi) is 3.99. The van der Waals surface area contributed by atoms with Crippen molar-refractivity contribution in [2.75, 3.05) is 0 Å². The molecule has 1 atom stereocenters. The number of rotatable bonds is 2. The van der Waals surface area contributed by atoms with Gasteiger partial charge in [-0.2, -0.15) is 0 Å². The van der Waals surface area contributed by atoms with Crippen molar-refractivity contribution in [2.45, 2.75) is 19.4 Å². The number of carbonyl (C=O) groups is 1. The van der Waals surface area contributed by atoms with Gasteiger partial charge < -0.3 is 14.8 Å². The van der Waals surface area contributed by atoms with Gasteiger partial charge in [-0.05, 0) is 18.6 Å². The Balaban J connectivity index is 0.00000147. The first-order valence-electron chi connectivity index (χ1n) is 6.22. The summed E-state index contributed by atoms with van der Waals surface area (Å²) in [6, 6.07) is 7.05. The molecule has 0 spiro atoms. The summed E-state index contributed by atoms with van der Waals surface area (Å²) in [5.74, 6) is -0.189. The fourth-order valence-corrected chi connectivity index (χ4v) is 2.55. The van der Waals surface area contributed by atoms with E-state index in [2.05, 4.69) is 4.98 Å². The highest BCUT2D eigenvalue weighted by Crippen LogP contribution is 2.31. The van der Waals surface area contributed by atoms with Crippen molar-refractivity contribution in [2.24, 2.45) is 5.92 Å². The number of phenols is 1. The Labute approximate surface area is 122 Å². The number of carboxylic acid groups (broad SMARTS) is 1. The normalized spacial score (nSPS) is 17.1. The summed E-state index contributed by atoms with van der Waals surface area (Å²) in [5, 5.41) is 18.9. The van der Waals surface area contributed by atoms with E-state index in [1.807, 2.05) is 16.7 Å². The minimum absolute atomic E-state index is 0. The van der Waals surface area contributed by atoms with Crippen molar-refractivity contribution in [1.29, 1.82) is 0 Å². The van der Waals surface area contributed by atoms with Gasteiger partial charge in [0.2, 0.25) is 0 Å². The Morgan fingerprint density at radius 2 is 2.10 bits per heavy atom. The second kappa shape index (κ2) is 5.54. The Hall–Kier alpha value is -2.01. The lowest BCUT2D eigenvalue weighted by atomic mass is 9.96. The number of imidazole rings is 1. The largest absolute Gasteiger partial charge is 0.507 e. The van der Waals surface area contributed by atoms with Crippen molar-refractivity contribution in [3.05, 3.63) is 36.2 Å². The molecule has 5 nitrogen and oxygen atoms in total. The van der Waals surface area contributed by atoms with E-state index in [1.165, 1.54) is 0 Å². The lowest BCUT2D eigenvalue weighted by Gasteiger charge is -2.22. The maximum absolute atomic E-state index is 11.0. The summed E-state index contributed by atoms with van der Waals surface area (Å²) >= 11 is 0. The first-order valence-corrected chi connectivity index (χ1v) is 6.22. The van der Waals surface area contributed by atoms with E-state index in [9.17, 15) is 9.90 Å². The van der Waals surface area contributed by atoms with E-state index in [1.54, 1.807) is 18.3 Å². The fraction of sp³-hybridized carbons (Fsp3) is 0.286. The standard InChI is InChI=1S/C14H14N2O3.ClH/c17-12-4-2-1-3-11(12)13-15-8-10-7-9(14(18)19)5-6-16(10)13;/h1-4,8-9,17H,5-7H2,(H,18,19);1H. The number of hydrogen-bond acceptors (Lipinski definition) is 3. The van der Waals surface area contributed by atoms with Crippen LogP contribution < -0.4 is 0 Å². The second-order valence-electron chi connectivity index (χ2n) is 4.77. The molecule has 20 heavy (non-hydrogen) atoms. The molecule has 1 unspecified atom stereocenters. The number of phenolic OH excluding ortho intramolecular Hbond substituents is 1. The molecule has 0 bridgehead atoms. The van der Waals surface area contributed by atoms with Crippen LogP contribution >= 0.6 is 12.4 Å². The van der Waals surface area contributed by atoms with E-state index in [-0.39, 0.29) is 24.1 Å². The third-order valence-corrected chi connectivity index (χ3v) is 3.59. The zero-order chi connectivity index (χ0) is 13.4. The van der Waals surface area contributed by atoms with Gasteiger partial charge in [-0.15, -0.1) is 12.4 Å². The number of nitrogens with zero attached hydrogens (tertiary/aromatic N) is 2. The molecule has 0 fully saturated rings. The Morgan fingerprint density at radius 1 is 1.35 bits per heavy atom. The highest BCUT2D eigenvalue weighted by atomic mass is 35.5. The molecule has 1 aliphatic rings. The van der Waals surface area contributed by atoms with E-state index in [0.717, 1.165) is 5.69 Å². The van der Waals surface area contributed by atoms with Crippen LogP contribution in [-0.4, -0.2) is 25.7 Å². The number of aliphatic carboxylic acids is 1. The molecule has 0 amide bonds. The van der Waals surface area contributed by atoms with Crippen LogP contribution in [0.1, 0.15) is 12.1 Å². The van der Waals surface area contributed by atoms with Gasteiger partial charge in [0.25, 0.3) is 0 Å². The molecule has 1 aliphatic heterocycles. The number of carboxylic acids is 1. The molecule has 2 heterocycles. The first kappa shape index (κ1) is 14.4. The van der Waals surface area contributed by atoms with Gasteiger partial charge in [0, 0.05) is 24.9 Å². The number of aromatic hydroxyl groups is 1. The van der Waals surface area contributed by atoms with Gasteiger partial charge in [-0.1, -0.05) is 12.1 Å². The smallest absolute Gasteiger partial charge is 0.306 e. The summed E-state index contributed by atoms with van der Waals surface area (Å²) in [5.41, 5.74) is 1.60. The summed E-state index contributed by atoms with van der Waals surface area (Å²) in [7, 11) is 0. The molecule has 3 rings (SSSR count). The van der Waals surface area contributed by atoms with Crippen molar-refractivity contribution in [1.82, 2.24) is 9.55 Å². The molecule has 1 aromatic heterocycles. The molecular weight excluding hydrogens is 280 g/mol. The topological polar surface area (TPSA) is 75.3 Å². The zero-order valence-electron chi connectivity index (χ0n) is 10.7. The van der Waals surface area contributed by atoms with Gasteiger partial charge in [0.05, 0.1) is 11.5 Å². The molecule has 2 N–H and O–H groups in total. The van der Waals surface area contributed by atoms with E-state index in [4.69, 9.17) is 5.11 Å². The summed E-state index contributed by atoms with van der Waals surface area (Å²) in [6.45, 7) is 0.621. The minimum Gasteiger partial charge on any atom is -0.507 e. The van der Waals surface area contributed by atoms with Crippen molar-refractivity contribution in [3.63, 3.8) is 0 Å². The highest BCUT2D eigenvalue weighted by Gasteiger charge is 2.26. The molecular formula is C14H15ClN2O3. The van der Waals surface area contributed by atoms with Crippen molar-refractivity contribution < 1.29 is 15.0 Å². The van der Waals surface area contributed by atoms with Crippen LogP contribution in [-0.2, 0) is 17.8 Å². The molecule has 2 aromatic rings. The molecule has 0 saturated carbocycles. The van der Waals surface area contributed by atoms with Crippen LogP contribution in [0.2, 0.25) is 0 Å². The summed E-state index contributed by atoms with van der Waals surface area (Å²) < 4.78 is 1.99. The lowest BCUT2D eigenvalue weighted by Crippen LogP contribution is -2.25. The number of hydrogen-bond donors (Lipinski definition) is 2. The Morgan fingerprint density at radius 3 is 2.80 bits per heavy atom. The van der Waals surface area contributed by atoms with Gasteiger partial charge in [-0.3, -0.25) is 4.79 Å². The molecule has 6 heteroatoms. The van der Waals surface area contributed by atoms with Crippen LogP contribution in [0.25, 0.3) is 11.4 Å². The number of halogens is 1. The monoisotopic (exact) mass is 294 g/mol. The van der Waals surface area contributed by atoms with E-state index >= 15 is 0 Å². The van der Waals surface area contributed by atoms with Crippen LogP contribution in [0.4, 0.5) is 0 Å². The number of aromatic nitrogens is 2. The predicted molar refractivity (Wildman–Crippen MR) is 76.0 cm³/mol. The highest BCUT2D eigenvalue weighted by molar-refractivity contribution is 5.85. The maximum atomic E-state index is 11.0. The van der Waals surface area contributed by atoms with Gasteiger partial charge in [-0.25, -0.2) is 4.98 Å². The molecule has 0 aliphatic carbocycles. The van der Waals surface area contributed by atoms with Gasteiger partial charge in [0.15, 0.2) is 0 Å². The minimum atomic E-state index is -0.753. The van der Waals surface area contributed by atoms with Gasteiger partial charge >= 0.3 is 5.97 Å². The third-order valence-electron chi connectivity index (χ3n) is 3.59. The average molecular weight is 295 g/mol. The quantitative estimate of drug-likeness (QED) is 0.891. The fourth-order valence-electron chi connectivity index (χ4n) is 2.55. The molecule has 1 aromatic carbocycles. The van der Waals surface area contributed by atoms with E-state index in [0.29, 0.717) is 30.8 Å².